The molecule has 0 aliphatic carbocycles. The van der Waals surface area contributed by atoms with Crippen molar-refractivity contribution in [1.82, 2.24) is 24.9 Å². The third kappa shape index (κ3) is 6.62. The van der Waals surface area contributed by atoms with Gasteiger partial charge in [-0.2, -0.15) is 0 Å². The van der Waals surface area contributed by atoms with E-state index < -0.39 is 11.6 Å². The molecule has 3 aromatic heterocycles. The largest absolute Gasteiger partial charge is 0.471 e. The van der Waals surface area contributed by atoms with E-state index in [0.717, 1.165) is 11.3 Å². The Morgan fingerprint density at radius 1 is 1.03 bits per heavy atom. The quantitative estimate of drug-likeness (QED) is 0.360. The molecule has 0 spiro atoms. The van der Waals surface area contributed by atoms with Crippen molar-refractivity contribution in [3.8, 4) is 5.88 Å². The predicted molar refractivity (Wildman–Crippen MR) is 134 cm³/mol. The number of carbonyl (C=O) groups excluding carboxylic acids is 1. The normalized spacial score (nSPS) is 12.1. The number of carbonyl (C=O) groups is 1. The van der Waals surface area contributed by atoms with Crippen LogP contribution in [0.5, 0.6) is 5.88 Å². The molecule has 0 fully saturated rings. The Balaban J connectivity index is 0.00000342. The molecule has 3 heterocycles. The zero-order valence-electron chi connectivity index (χ0n) is 19.2. The molecule has 4 aromatic rings. The SMILES string of the molecule is C.CC(C)(N)C(=O)N[C@H](COCc1ccccc1)c1nnc2cccc(COc3ccccn3)n12. The van der Waals surface area contributed by atoms with Crippen molar-refractivity contribution in [3.05, 3.63) is 90.0 Å². The topological polar surface area (TPSA) is 117 Å². The summed E-state index contributed by atoms with van der Waals surface area (Å²) < 4.78 is 13.7. The van der Waals surface area contributed by atoms with E-state index in [1.165, 1.54) is 0 Å². The minimum Gasteiger partial charge on any atom is -0.471 e. The van der Waals surface area contributed by atoms with Gasteiger partial charge < -0.3 is 20.5 Å². The molecule has 0 radical (unpaired) electrons. The number of amides is 1. The van der Waals surface area contributed by atoms with Gasteiger partial charge in [-0.15, -0.1) is 10.2 Å². The smallest absolute Gasteiger partial charge is 0.240 e. The van der Waals surface area contributed by atoms with E-state index >= 15 is 0 Å². The lowest BCUT2D eigenvalue weighted by molar-refractivity contribution is -0.126. The number of hydrogen-bond donors (Lipinski definition) is 2. The first-order chi connectivity index (χ1) is 16.4. The fourth-order valence-corrected chi connectivity index (χ4v) is 3.34. The zero-order chi connectivity index (χ0) is 24.0. The van der Waals surface area contributed by atoms with E-state index in [2.05, 4.69) is 20.5 Å². The molecule has 35 heavy (non-hydrogen) atoms. The summed E-state index contributed by atoms with van der Waals surface area (Å²) in [5.74, 6) is 0.718. The Morgan fingerprint density at radius 2 is 1.80 bits per heavy atom. The number of fused-ring (bicyclic) bond motifs is 1. The maximum absolute atomic E-state index is 12.8. The van der Waals surface area contributed by atoms with Crippen LogP contribution < -0.4 is 15.8 Å². The molecular weight excluding hydrogens is 444 g/mol. The van der Waals surface area contributed by atoms with Crippen molar-refractivity contribution in [3.63, 3.8) is 0 Å². The third-order valence-corrected chi connectivity index (χ3v) is 5.14. The van der Waals surface area contributed by atoms with Crippen LogP contribution in [-0.2, 0) is 22.7 Å². The van der Waals surface area contributed by atoms with Gasteiger partial charge in [0, 0.05) is 12.3 Å². The molecule has 3 N–H and O–H groups in total. The molecule has 0 unspecified atom stereocenters. The van der Waals surface area contributed by atoms with Crippen LogP contribution >= 0.6 is 0 Å². The molecule has 0 saturated heterocycles. The maximum Gasteiger partial charge on any atom is 0.240 e. The van der Waals surface area contributed by atoms with Crippen LogP contribution in [0.25, 0.3) is 5.65 Å². The average molecular weight is 477 g/mol. The van der Waals surface area contributed by atoms with Crippen molar-refractivity contribution in [2.75, 3.05) is 6.61 Å². The highest BCUT2D eigenvalue weighted by molar-refractivity contribution is 5.85. The van der Waals surface area contributed by atoms with E-state index in [1.807, 2.05) is 65.1 Å². The van der Waals surface area contributed by atoms with Crippen LogP contribution in [0.2, 0.25) is 0 Å². The summed E-state index contributed by atoms with van der Waals surface area (Å²) in [6.45, 7) is 4.13. The van der Waals surface area contributed by atoms with Crippen LogP contribution in [0.1, 0.15) is 44.4 Å². The Bertz CT molecular complexity index is 1220. The van der Waals surface area contributed by atoms with E-state index in [0.29, 0.717) is 24.0 Å². The highest BCUT2D eigenvalue weighted by Crippen LogP contribution is 2.19. The number of nitrogens with one attached hydrogen (secondary N) is 1. The zero-order valence-corrected chi connectivity index (χ0v) is 19.2. The van der Waals surface area contributed by atoms with Crippen molar-refractivity contribution in [1.29, 1.82) is 0 Å². The lowest BCUT2D eigenvalue weighted by atomic mass is 10.1. The molecule has 0 aliphatic rings. The predicted octanol–water partition coefficient (Wildman–Crippen LogP) is 3.45. The minimum absolute atomic E-state index is 0. The fraction of sp³-hybridized carbons (Fsp3) is 0.308. The van der Waals surface area contributed by atoms with Gasteiger partial charge in [0.15, 0.2) is 11.5 Å². The summed E-state index contributed by atoms with van der Waals surface area (Å²) >= 11 is 0. The van der Waals surface area contributed by atoms with Gasteiger partial charge >= 0.3 is 0 Å². The summed E-state index contributed by atoms with van der Waals surface area (Å²) in [4.78, 5) is 17.0. The van der Waals surface area contributed by atoms with Crippen LogP contribution in [0, 0.1) is 0 Å². The third-order valence-electron chi connectivity index (χ3n) is 5.14. The molecule has 9 heteroatoms. The number of benzene rings is 1. The van der Waals surface area contributed by atoms with Gasteiger partial charge in [-0.25, -0.2) is 4.98 Å². The highest BCUT2D eigenvalue weighted by atomic mass is 16.5. The first kappa shape index (κ1) is 25.8. The van der Waals surface area contributed by atoms with Crippen molar-refractivity contribution in [2.24, 2.45) is 5.73 Å². The molecule has 184 valence electrons. The van der Waals surface area contributed by atoms with Gasteiger partial charge in [0.05, 0.1) is 24.4 Å². The number of rotatable bonds is 10. The number of hydrogen-bond acceptors (Lipinski definition) is 7. The first-order valence-corrected chi connectivity index (χ1v) is 11.0. The van der Waals surface area contributed by atoms with E-state index in [9.17, 15) is 4.79 Å². The molecule has 0 saturated carbocycles. The van der Waals surface area contributed by atoms with Crippen LogP contribution in [0.3, 0.4) is 0 Å². The van der Waals surface area contributed by atoms with Gasteiger partial charge in [-0.3, -0.25) is 9.20 Å². The van der Waals surface area contributed by atoms with Gasteiger partial charge in [0.25, 0.3) is 0 Å². The summed E-state index contributed by atoms with van der Waals surface area (Å²) in [6, 6.07) is 20.4. The molecule has 0 bridgehead atoms. The van der Waals surface area contributed by atoms with Crippen LogP contribution in [0.4, 0.5) is 0 Å². The molecule has 9 nitrogen and oxygen atoms in total. The first-order valence-electron chi connectivity index (χ1n) is 11.0. The molecular formula is C26H32N6O3. The molecule has 1 amide bonds. The second-order valence-corrected chi connectivity index (χ2v) is 8.47. The van der Waals surface area contributed by atoms with Gasteiger partial charge in [-0.05, 0) is 37.6 Å². The Hall–Kier alpha value is -3.82. The fourth-order valence-electron chi connectivity index (χ4n) is 3.34. The molecule has 1 atom stereocenters. The second kappa shape index (κ2) is 11.5. The summed E-state index contributed by atoms with van der Waals surface area (Å²) in [5, 5.41) is 11.6. The minimum atomic E-state index is -1.07. The van der Waals surface area contributed by atoms with E-state index in [1.54, 1.807) is 26.1 Å². The lowest BCUT2D eigenvalue weighted by Crippen LogP contribution is -2.51. The van der Waals surface area contributed by atoms with Crippen LogP contribution in [-0.4, -0.2) is 37.6 Å². The number of nitrogens with zero attached hydrogens (tertiary/aromatic N) is 4. The second-order valence-electron chi connectivity index (χ2n) is 8.47. The summed E-state index contributed by atoms with van der Waals surface area (Å²) in [7, 11) is 0. The number of aromatic nitrogens is 4. The molecule has 1 aromatic carbocycles. The maximum atomic E-state index is 12.8. The lowest BCUT2D eigenvalue weighted by Gasteiger charge is -2.24. The van der Waals surface area contributed by atoms with Crippen LogP contribution in [0.15, 0.2) is 72.9 Å². The summed E-state index contributed by atoms with van der Waals surface area (Å²) in [6.07, 6.45) is 1.67. The Kier molecular flexibility index (Phi) is 8.51. The Morgan fingerprint density at radius 3 is 2.51 bits per heavy atom. The van der Waals surface area contributed by atoms with Crippen molar-refractivity contribution in [2.45, 2.75) is 46.1 Å². The molecule has 0 aliphatic heterocycles. The van der Waals surface area contributed by atoms with Gasteiger partial charge in [0.1, 0.15) is 12.6 Å². The monoisotopic (exact) mass is 476 g/mol. The number of ether oxygens (including phenoxy) is 2. The molecule has 4 rings (SSSR count). The summed E-state index contributed by atoms with van der Waals surface area (Å²) in [5.41, 5.74) is 7.43. The highest BCUT2D eigenvalue weighted by Gasteiger charge is 2.28. The van der Waals surface area contributed by atoms with Gasteiger partial charge in [-0.1, -0.05) is 49.9 Å². The van der Waals surface area contributed by atoms with E-state index in [4.69, 9.17) is 15.2 Å². The number of nitrogens with two attached hydrogens (primary N) is 1. The van der Waals surface area contributed by atoms with E-state index in [-0.39, 0.29) is 26.5 Å². The standard InChI is InChI=1S/C25H28N6O3.CH4/c1-25(2,26)24(32)28-20(17-33-15-18-9-4-3-5-10-18)23-30-29-21-12-8-11-19(31(21)23)16-34-22-13-6-7-14-27-22;/h3-14,20H,15-17,26H2,1-2H3,(H,28,32);1H4/t20-;/m1./s1. The Labute approximate surface area is 205 Å². The van der Waals surface area contributed by atoms with Gasteiger partial charge in [0.2, 0.25) is 11.8 Å². The number of pyridine rings is 2. The average Bonchev–Trinajstić information content (AvgIpc) is 3.27. The van der Waals surface area contributed by atoms with Crippen molar-refractivity contribution >= 4 is 11.6 Å². The van der Waals surface area contributed by atoms with Crippen molar-refractivity contribution < 1.29 is 14.3 Å².